The van der Waals surface area contributed by atoms with E-state index in [1.807, 2.05) is 53.6 Å². The fraction of sp³-hybridized carbons (Fsp3) is 0.700. The molecule has 2 atom stereocenters. The number of hydrogen-bond acceptors (Lipinski definition) is 9. The van der Waals surface area contributed by atoms with Crippen molar-refractivity contribution in [1.29, 1.82) is 0 Å². The van der Waals surface area contributed by atoms with Crippen molar-refractivity contribution in [3.05, 3.63) is 29.3 Å². The van der Waals surface area contributed by atoms with Crippen LogP contribution in [0.25, 0.3) is 0 Å². The van der Waals surface area contributed by atoms with Crippen molar-refractivity contribution in [1.82, 2.24) is 10.7 Å². The molecule has 0 bridgehead atoms. The highest BCUT2D eigenvalue weighted by Gasteiger charge is 2.28. The summed E-state index contributed by atoms with van der Waals surface area (Å²) in [6.45, 7) is 5.53. The quantitative estimate of drug-likeness (QED) is 0.256. The van der Waals surface area contributed by atoms with Crippen LogP contribution in [0.4, 0.5) is 0 Å². The second kappa shape index (κ2) is 11.2. The SMILES string of the molecule is CC1(C)OCc2cc(C(CNCCCCCC3CCSS3)ON(O)O)ccc2O1. The Bertz CT molecular complexity index is 641. The first kappa shape index (κ1) is 23.1. The Morgan fingerprint density at radius 1 is 1.31 bits per heavy atom. The third-order valence-electron chi connectivity index (χ3n) is 5.05. The van der Waals surface area contributed by atoms with Crippen molar-refractivity contribution in [2.45, 2.75) is 69.7 Å². The molecule has 3 rings (SSSR count). The third-order valence-corrected chi connectivity index (χ3v) is 8.05. The minimum atomic E-state index is -0.645. The van der Waals surface area contributed by atoms with Crippen LogP contribution in [-0.4, -0.2) is 45.7 Å². The van der Waals surface area contributed by atoms with Gasteiger partial charge in [-0.2, -0.15) is 0 Å². The average Bonchev–Trinajstić information content (AvgIpc) is 3.18. The molecule has 0 spiro atoms. The molecule has 0 radical (unpaired) electrons. The van der Waals surface area contributed by atoms with Gasteiger partial charge in [-0.3, -0.25) is 10.4 Å². The van der Waals surface area contributed by atoms with E-state index in [1.165, 1.54) is 31.4 Å². The Labute approximate surface area is 180 Å². The van der Waals surface area contributed by atoms with Gasteiger partial charge < -0.3 is 14.8 Å². The molecule has 3 N–H and O–H groups in total. The number of hydrogen-bond donors (Lipinski definition) is 3. The normalized spacial score (nSPS) is 21.8. The van der Waals surface area contributed by atoms with Gasteiger partial charge in [-0.25, -0.2) is 4.84 Å². The Hall–Kier alpha value is -0.520. The Morgan fingerprint density at radius 2 is 2.17 bits per heavy atom. The van der Waals surface area contributed by atoms with Crippen molar-refractivity contribution < 1.29 is 24.7 Å². The third kappa shape index (κ3) is 7.59. The molecule has 2 heterocycles. The van der Waals surface area contributed by atoms with Crippen LogP contribution in [0.2, 0.25) is 0 Å². The standard InChI is InChI=1S/C20H32N2O5S2/c1-20(2)25-14-16-12-15(7-8-18(16)26-20)19(27-22(23)24)13-21-10-5-3-4-6-17-9-11-28-29-17/h7-8,12,17,19,21,23-24H,3-6,9-11,13-14H2,1-2H3. The summed E-state index contributed by atoms with van der Waals surface area (Å²) in [4.78, 5) is 5.16. The Kier molecular flexibility index (Phi) is 8.94. The van der Waals surface area contributed by atoms with E-state index in [2.05, 4.69) is 5.32 Å². The lowest BCUT2D eigenvalue weighted by Gasteiger charge is -2.33. The first-order valence-corrected chi connectivity index (χ1v) is 12.6. The predicted octanol–water partition coefficient (Wildman–Crippen LogP) is 4.69. The van der Waals surface area contributed by atoms with Crippen molar-refractivity contribution in [3.8, 4) is 5.75 Å². The van der Waals surface area contributed by atoms with Gasteiger partial charge in [-0.15, -0.1) is 0 Å². The Balaban J connectivity index is 1.44. The first-order chi connectivity index (χ1) is 13.9. The van der Waals surface area contributed by atoms with E-state index in [9.17, 15) is 0 Å². The van der Waals surface area contributed by atoms with Crippen LogP contribution in [0.1, 0.15) is 63.2 Å². The molecule has 1 aromatic rings. The average molecular weight is 445 g/mol. The minimum absolute atomic E-state index is 0.223. The van der Waals surface area contributed by atoms with Crippen LogP contribution in [-0.2, 0) is 16.2 Å². The predicted molar refractivity (Wildman–Crippen MR) is 115 cm³/mol. The van der Waals surface area contributed by atoms with Crippen molar-refractivity contribution in [2.75, 3.05) is 18.8 Å². The number of nitrogens with zero attached hydrogens (tertiary/aromatic N) is 1. The molecule has 29 heavy (non-hydrogen) atoms. The van der Waals surface area contributed by atoms with Crippen molar-refractivity contribution in [2.24, 2.45) is 0 Å². The molecule has 7 nitrogen and oxygen atoms in total. The van der Waals surface area contributed by atoms with Crippen LogP contribution in [0.3, 0.4) is 0 Å². The molecule has 0 saturated carbocycles. The van der Waals surface area contributed by atoms with Crippen LogP contribution in [0.15, 0.2) is 18.2 Å². The lowest BCUT2D eigenvalue weighted by Crippen LogP contribution is -2.35. The zero-order chi connectivity index (χ0) is 20.7. The lowest BCUT2D eigenvalue weighted by atomic mass is 10.0. The van der Waals surface area contributed by atoms with Gasteiger partial charge in [0.1, 0.15) is 11.9 Å². The summed E-state index contributed by atoms with van der Waals surface area (Å²) in [5.74, 6) is 1.43. The van der Waals surface area contributed by atoms with Gasteiger partial charge in [-0.1, -0.05) is 40.5 Å². The van der Waals surface area contributed by atoms with Crippen molar-refractivity contribution >= 4 is 21.6 Å². The van der Waals surface area contributed by atoms with E-state index in [0.717, 1.165) is 35.1 Å². The lowest BCUT2D eigenvalue weighted by molar-refractivity contribution is -0.506. The zero-order valence-corrected chi connectivity index (χ0v) is 18.8. The summed E-state index contributed by atoms with van der Waals surface area (Å²) in [6.07, 6.45) is 5.69. The summed E-state index contributed by atoms with van der Waals surface area (Å²) >= 11 is 0. The Morgan fingerprint density at radius 3 is 2.93 bits per heavy atom. The molecular weight excluding hydrogens is 412 g/mol. The molecule has 1 fully saturated rings. The van der Waals surface area contributed by atoms with E-state index in [0.29, 0.717) is 13.2 Å². The molecular formula is C20H32N2O5S2. The topological polar surface area (TPSA) is 83.4 Å². The van der Waals surface area contributed by atoms with Crippen LogP contribution >= 0.6 is 21.6 Å². The number of nitrogens with one attached hydrogen (secondary N) is 1. The molecule has 1 aromatic carbocycles. The minimum Gasteiger partial charge on any atom is -0.463 e. The highest BCUT2D eigenvalue weighted by molar-refractivity contribution is 8.77. The van der Waals surface area contributed by atoms with E-state index in [1.54, 1.807) is 0 Å². The monoisotopic (exact) mass is 444 g/mol. The molecule has 164 valence electrons. The summed E-state index contributed by atoms with van der Waals surface area (Å²) in [7, 11) is 4.04. The number of rotatable bonds is 11. The van der Waals surface area contributed by atoms with Crippen LogP contribution in [0, 0.1) is 0 Å². The maximum atomic E-state index is 9.15. The van der Waals surface area contributed by atoms with Gasteiger partial charge in [0.25, 0.3) is 0 Å². The van der Waals surface area contributed by atoms with Gasteiger partial charge in [0, 0.05) is 37.0 Å². The van der Waals surface area contributed by atoms with Gasteiger partial charge in [0.05, 0.1) is 12.0 Å². The van der Waals surface area contributed by atoms with E-state index in [-0.39, 0.29) is 5.39 Å². The number of fused-ring (bicyclic) bond motifs is 1. The smallest absolute Gasteiger partial charge is 0.205 e. The van der Waals surface area contributed by atoms with Crippen molar-refractivity contribution in [3.63, 3.8) is 0 Å². The second-order valence-electron chi connectivity index (χ2n) is 7.89. The highest BCUT2D eigenvalue weighted by Crippen LogP contribution is 2.40. The van der Waals surface area contributed by atoms with Crippen LogP contribution < -0.4 is 10.1 Å². The highest BCUT2D eigenvalue weighted by atomic mass is 33.1. The fourth-order valence-electron chi connectivity index (χ4n) is 3.48. The summed E-state index contributed by atoms with van der Waals surface area (Å²) in [5.41, 5.74) is 1.74. The molecule has 2 aliphatic rings. The largest absolute Gasteiger partial charge is 0.463 e. The second-order valence-corrected chi connectivity index (χ2v) is 10.7. The van der Waals surface area contributed by atoms with E-state index >= 15 is 0 Å². The van der Waals surface area contributed by atoms with Gasteiger partial charge in [-0.05, 0) is 43.5 Å². The zero-order valence-electron chi connectivity index (χ0n) is 17.1. The maximum absolute atomic E-state index is 9.15. The van der Waals surface area contributed by atoms with E-state index < -0.39 is 11.9 Å². The molecule has 2 aliphatic heterocycles. The van der Waals surface area contributed by atoms with Gasteiger partial charge in [0.2, 0.25) is 5.79 Å². The number of benzene rings is 1. The molecule has 9 heteroatoms. The van der Waals surface area contributed by atoms with E-state index in [4.69, 9.17) is 24.7 Å². The summed E-state index contributed by atoms with van der Waals surface area (Å²) in [6, 6.07) is 5.69. The van der Waals surface area contributed by atoms with Crippen LogP contribution in [0.5, 0.6) is 5.75 Å². The molecule has 0 aromatic heterocycles. The summed E-state index contributed by atoms with van der Waals surface area (Å²) < 4.78 is 11.5. The molecule has 0 aliphatic carbocycles. The molecule has 2 unspecified atom stereocenters. The van der Waals surface area contributed by atoms with Gasteiger partial charge >= 0.3 is 0 Å². The fourth-order valence-corrected chi connectivity index (χ4v) is 6.51. The van der Waals surface area contributed by atoms with Gasteiger partial charge in [0.15, 0.2) is 0 Å². The maximum Gasteiger partial charge on any atom is 0.205 e. The molecule has 1 saturated heterocycles. The number of unbranched alkanes of at least 4 members (excludes halogenated alkanes) is 2. The number of ether oxygens (including phenoxy) is 2. The molecule has 0 amide bonds. The first-order valence-electron chi connectivity index (χ1n) is 10.2. The summed E-state index contributed by atoms with van der Waals surface area (Å²) in [5, 5.41) is 22.3.